The van der Waals surface area contributed by atoms with Crippen LogP contribution in [-0.4, -0.2) is 4.98 Å². The normalized spacial score (nSPS) is 11.6. The van der Waals surface area contributed by atoms with Gasteiger partial charge in [-0.25, -0.2) is 0 Å². The van der Waals surface area contributed by atoms with Gasteiger partial charge in [0.1, 0.15) is 0 Å². The number of thiophene rings is 1. The first-order valence-corrected chi connectivity index (χ1v) is 11.6. The largest absolute Gasteiger partial charge is 0.256 e. The Kier molecular flexibility index (Phi) is 5.10. The first-order chi connectivity index (χ1) is 14.8. The lowest BCUT2D eigenvalue weighted by atomic mass is 9.93. The highest BCUT2D eigenvalue weighted by atomic mass is 32.1. The minimum atomic E-state index is 0.595. The van der Waals surface area contributed by atoms with E-state index in [9.17, 15) is 0 Å². The van der Waals surface area contributed by atoms with Crippen LogP contribution in [0.3, 0.4) is 0 Å². The van der Waals surface area contributed by atoms with E-state index in [1.165, 1.54) is 42.4 Å². The molecule has 0 saturated heterocycles. The Labute approximate surface area is 182 Å². The van der Waals surface area contributed by atoms with Gasteiger partial charge in [-0.1, -0.05) is 80.6 Å². The highest BCUT2D eigenvalue weighted by molar-refractivity contribution is 7.26. The van der Waals surface area contributed by atoms with Crippen LogP contribution in [0.2, 0.25) is 0 Å². The van der Waals surface area contributed by atoms with Crippen molar-refractivity contribution < 1.29 is 0 Å². The van der Waals surface area contributed by atoms with Crippen LogP contribution in [0.25, 0.3) is 42.6 Å². The summed E-state index contributed by atoms with van der Waals surface area (Å²) in [4.78, 5) is 4.77. The Balaban J connectivity index is 1.73. The van der Waals surface area contributed by atoms with E-state index in [0.717, 1.165) is 18.5 Å². The lowest BCUT2D eigenvalue weighted by Crippen LogP contribution is -1.96. The maximum absolute atomic E-state index is 4.77. The monoisotopic (exact) mass is 407 g/mol. The molecule has 3 aromatic carbocycles. The lowest BCUT2D eigenvalue weighted by Gasteiger charge is -2.13. The van der Waals surface area contributed by atoms with Gasteiger partial charge in [-0.15, -0.1) is 11.3 Å². The molecule has 0 amide bonds. The first-order valence-electron chi connectivity index (χ1n) is 10.8. The second-order valence-corrected chi connectivity index (χ2v) is 8.84. The summed E-state index contributed by atoms with van der Waals surface area (Å²) in [6, 6.07) is 28.5. The molecule has 0 atom stereocenters. The summed E-state index contributed by atoms with van der Waals surface area (Å²) >= 11 is 1.89. The van der Waals surface area contributed by atoms with Crippen molar-refractivity contribution in [2.75, 3.05) is 0 Å². The fraction of sp³-hybridized carbons (Fsp3) is 0.179. The minimum Gasteiger partial charge on any atom is -0.256 e. The van der Waals surface area contributed by atoms with Gasteiger partial charge in [0, 0.05) is 31.9 Å². The van der Waals surface area contributed by atoms with Crippen molar-refractivity contribution in [1.82, 2.24) is 4.98 Å². The second-order valence-electron chi connectivity index (χ2n) is 7.82. The predicted molar refractivity (Wildman–Crippen MR) is 131 cm³/mol. The quantitative estimate of drug-likeness (QED) is 0.284. The van der Waals surface area contributed by atoms with Gasteiger partial charge in [0.15, 0.2) is 0 Å². The number of aromatic nitrogens is 1. The molecule has 0 unspecified atom stereocenters. The molecule has 0 aliphatic heterocycles. The van der Waals surface area contributed by atoms with E-state index in [1.807, 2.05) is 17.5 Å². The van der Waals surface area contributed by atoms with Crippen molar-refractivity contribution in [3.05, 3.63) is 90.6 Å². The summed E-state index contributed by atoms with van der Waals surface area (Å²) in [5.41, 5.74) is 6.29. The van der Waals surface area contributed by atoms with Gasteiger partial charge in [-0.2, -0.15) is 0 Å². The topological polar surface area (TPSA) is 12.9 Å². The zero-order valence-corrected chi connectivity index (χ0v) is 18.2. The molecule has 0 fully saturated rings. The van der Waals surface area contributed by atoms with Crippen molar-refractivity contribution in [3.8, 4) is 22.4 Å². The van der Waals surface area contributed by atoms with E-state index >= 15 is 0 Å². The molecule has 0 saturated carbocycles. The molecular weight excluding hydrogens is 382 g/mol. The number of pyridine rings is 1. The smallest absolute Gasteiger partial charge is 0.0719 e. The Morgan fingerprint density at radius 3 is 2.10 bits per heavy atom. The van der Waals surface area contributed by atoms with Gasteiger partial charge in [0.25, 0.3) is 0 Å². The fourth-order valence-electron chi connectivity index (χ4n) is 4.48. The van der Waals surface area contributed by atoms with Gasteiger partial charge in [-0.05, 0) is 47.6 Å². The molecule has 2 heteroatoms. The minimum absolute atomic E-state index is 0.595. The standard InChI is InChI=1S/C28H25NS/c1-3-19(4-2)21-16-17-29-26(18-21)25-15-9-14-24-23-13-8-12-22(27(23)30-28(24)25)20-10-6-5-7-11-20/h5-19H,3-4H2,1-2H3. The summed E-state index contributed by atoms with van der Waals surface area (Å²) in [5.74, 6) is 0.595. The number of hydrogen-bond acceptors (Lipinski definition) is 2. The zero-order chi connectivity index (χ0) is 20.5. The van der Waals surface area contributed by atoms with Gasteiger partial charge < -0.3 is 0 Å². The Morgan fingerprint density at radius 2 is 1.40 bits per heavy atom. The highest BCUT2D eigenvalue weighted by Crippen LogP contribution is 2.43. The summed E-state index contributed by atoms with van der Waals surface area (Å²) < 4.78 is 2.67. The molecule has 2 heterocycles. The van der Waals surface area contributed by atoms with Crippen molar-refractivity contribution in [1.29, 1.82) is 0 Å². The van der Waals surface area contributed by atoms with E-state index in [2.05, 4.69) is 92.7 Å². The van der Waals surface area contributed by atoms with Crippen LogP contribution in [0.1, 0.15) is 38.2 Å². The van der Waals surface area contributed by atoms with E-state index in [1.54, 1.807) is 0 Å². The predicted octanol–water partition coefficient (Wildman–Crippen LogP) is 8.69. The van der Waals surface area contributed by atoms with Crippen LogP contribution >= 0.6 is 11.3 Å². The van der Waals surface area contributed by atoms with Crippen LogP contribution in [-0.2, 0) is 0 Å². The molecule has 0 spiro atoms. The molecule has 0 radical (unpaired) electrons. The Bertz CT molecular complexity index is 1310. The summed E-state index contributed by atoms with van der Waals surface area (Å²) in [6.07, 6.45) is 4.30. The molecule has 0 N–H and O–H groups in total. The van der Waals surface area contributed by atoms with E-state index in [0.29, 0.717) is 5.92 Å². The molecule has 0 bridgehead atoms. The zero-order valence-electron chi connectivity index (χ0n) is 17.4. The van der Waals surface area contributed by atoms with Crippen LogP contribution in [0, 0.1) is 0 Å². The number of fused-ring (bicyclic) bond motifs is 3. The average molecular weight is 408 g/mol. The number of benzene rings is 3. The molecule has 148 valence electrons. The number of nitrogens with zero attached hydrogens (tertiary/aromatic N) is 1. The van der Waals surface area contributed by atoms with Crippen molar-refractivity contribution >= 4 is 31.5 Å². The van der Waals surface area contributed by atoms with Gasteiger partial charge in [-0.3, -0.25) is 4.98 Å². The van der Waals surface area contributed by atoms with Gasteiger partial charge in [0.2, 0.25) is 0 Å². The molecule has 1 nitrogen and oxygen atoms in total. The van der Waals surface area contributed by atoms with Gasteiger partial charge >= 0.3 is 0 Å². The maximum Gasteiger partial charge on any atom is 0.0719 e. The van der Waals surface area contributed by atoms with Crippen LogP contribution in [0.4, 0.5) is 0 Å². The molecule has 0 aliphatic rings. The van der Waals surface area contributed by atoms with E-state index < -0.39 is 0 Å². The summed E-state index contributed by atoms with van der Waals surface area (Å²) in [5, 5.41) is 2.65. The summed E-state index contributed by atoms with van der Waals surface area (Å²) in [6.45, 7) is 4.54. The van der Waals surface area contributed by atoms with Crippen LogP contribution in [0.5, 0.6) is 0 Å². The molecule has 5 rings (SSSR count). The Hall–Kier alpha value is -2.97. The molecular formula is C28H25NS. The molecule has 5 aromatic rings. The van der Waals surface area contributed by atoms with Crippen molar-refractivity contribution in [2.45, 2.75) is 32.6 Å². The van der Waals surface area contributed by atoms with Crippen molar-refractivity contribution in [2.24, 2.45) is 0 Å². The fourth-order valence-corrected chi connectivity index (χ4v) is 5.83. The third-order valence-electron chi connectivity index (χ3n) is 6.13. The molecule has 30 heavy (non-hydrogen) atoms. The van der Waals surface area contributed by atoms with E-state index in [-0.39, 0.29) is 0 Å². The molecule has 2 aromatic heterocycles. The maximum atomic E-state index is 4.77. The van der Waals surface area contributed by atoms with Crippen LogP contribution in [0.15, 0.2) is 85.1 Å². The third-order valence-corrected chi connectivity index (χ3v) is 7.41. The summed E-state index contributed by atoms with van der Waals surface area (Å²) in [7, 11) is 0. The van der Waals surface area contributed by atoms with Crippen molar-refractivity contribution in [3.63, 3.8) is 0 Å². The number of hydrogen-bond donors (Lipinski definition) is 0. The average Bonchev–Trinajstić information content (AvgIpc) is 3.20. The second kappa shape index (κ2) is 8.04. The molecule has 0 aliphatic carbocycles. The van der Waals surface area contributed by atoms with E-state index in [4.69, 9.17) is 4.98 Å². The third kappa shape index (κ3) is 3.22. The highest BCUT2D eigenvalue weighted by Gasteiger charge is 2.15. The lowest BCUT2D eigenvalue weighted by molar-refractivity contribution is 0.641. The van der Waals surface area contributed by atoms with Crippen LogP contribution < -0.4 is 0 Å². The van der Waals surface area contributed by atoms with Gasteiger partial charge in [0.05, 0.1) is 5.69 Å². The first kappa shape index (κ1) is 19.0. The number of rotatable bonds is 5. The Morgan fingerprint density at radius 1 is 0.733 bits per heavy atom. The SMILES string of the molecule is CCC(CC)c1ccnc(-c2cccc3c2sc2c(-c4ccccc4)cccc23)c1.